The van der Waals surface area contributed by atoms with Gasteiger partial charge in [0, 0.05) is 13.0 Å². The van der Waals surface area contributed by atoms with E-state index in [0.717, 1.165) is 6.42 Å². The molecule has 11 heteroatoms. The van der Waals surface area contributed by atoms with Crippen LogP contribution in [0.15, 0.2) is 6.33 Å². The number of nitrogens with two attached hydrogens (primary N) is 2. The second-order valence-corrected chi connectivity index (χ2v) is 8.43. The molecular weight excluding hydrogens is 390 g/mol. The zero-order valence-electron chi connectivity index (χ0n) is 17.9. The van der Waals surface area contributed by atoms with E-state index in [1.54, 1.807) is 0 Å². The summed E-state index contributed by atoms with van der Waals surface area (Å²) in [7, 11) is 1.87. The molecule has 2 aromatic heterocycles. The number of hydrogen-bond acceptors (Lipinski definition) is 10. The fourth-order valence-corrected chi connectivity index (χ4v) is 4.27. The van der Waals surface area contributed by atoms with Crippen molar-refractivity contribution in [3.8, 4) is 0 Å². The highest BCUT2D eigenvalue weighted by molar-refractivity contribution is 5.81. The second kappa shape index (κ2) is 7.98. The average Bonchev–Trinajstić information content (AvgIpc) is 3.29. The molecule has 1 unspecified atom stereocenters. The Morgan fingerprint density at radius 3 is 2.77 bits per heavy atom. The van der Waals surface area contributed by atoms with Crippen molar-refractivity contribution < 1.29 is 19.3 Å². The van der Waals surface area contributed by atoms with Crippen LogP contribution >= 0.6 is 0 Å². The Morgan fingerprint density at radius 2 is 2.03 bits per heavy atom. The van der Waals surface area contributed by atoms with E-state index in [2.05, 4.69) is 15.0 Å². The van der Waals surface area contributed by atoms with E-state index >= 15 is 0 Å². The summed E-state index contributed by atoms with van der Waals surface area (Å²) in [5.74, 6) is 0.244. The molecule has 0 saturated carbocycles. The summed E-state index contributed by atoms with van der Waals surface area (Å²) in [6.07, 6.45) is 0.314. The molecule has 2 aromatic rings. The molecule has 2 fully saturated rings. The first-order valence-electron chi connectivity index (χ1n) is 10.3. The van der Waals surface area contributed by atoms with Crippen molar-refractivity contribution in [1.29, 1.82) is 0 Å². The Hall–Kier alpha value is -1.89. The van der Waals surface area contributed by atoms with Gasteiger partial charge >= 0.3 is 0 Å². The quantitative estimate of drug-likeness (QED) is 0.527. The molecule has 11 nitrogen and oxygen atoms in total. The molecule has 0 radical (unpaired) electrons. The number of aliphatic hydroxyl groups excluding tert-OH is 1. The van der Waals surface area contributed by atoms with Crippen LogP contribution in [0, 0.1) is 6.92 Å². The number of anilines is 1. The lowest BCUT2D eigenvalue weighted by molar-refractivity contribution is -0.201. The van der Waals surface area contributed by atoms with Crippen LogP contribution in [0.5, 0.6) is 0 Å². The number of aliphatic hydroxyl groups is 1. The predicted octanol–water partition coefficient (Wildman–Crippen LogP) is 0.124. The van der Waals surface area contributed by atoms with Gasteiger partial charge in [-0.15, -0.1) is 0 Å². The van der Waals surface area contributed by atoms with Crippen LogP contribution < -0.4 is 11.5 Å². The Balaban J connectivity index is 1.63. The van der Waals surface area contributed by atoms with Gasteiger partial charge in [-0.25, -0.2) is 15.0 Å². The van der Waals surface area contributed by atoms with Gasteiger partial charge in [0.15, 0.2) is 29.0 Å². The Kier molecular flexibility index (Phi) is 5.68. The summed E-state index contributed by atoms with van der Waals surface area (Å²) in [6, 6.07) is 0. The lowest BCUT2D eigenvalue weighted by atomic mass is 10.1. The van der Waals surface area contributed by atoms with Crippen LogP contribution in [-0.4, -0.2) is 80.0 Å². The number of fused-ring (bicyclic) bond motifs is 2. The highest BCUT2D eigenvalue weighted by Gasteiger charge is 2.56. The van der Waals surface area contributed by atoms with Crippen molar-refractivity contribution in [2.75, 3.05) is 25.9 Å². The number of nitrogen functional groups attached to an aromatic ring is 1. The summed E-state index contributed by atoms with van der Waals surface area (Å²) in [5, 5.41) is 10.7. The van der Waals surface area contributed by atoms with E-state index in [1.165, 1.54) is 6.33 Å². The maximum Gasteiger partial charge on any atom is 0.167 e. The maximum atomic E-state index is 10.7. The van der Waals surface area contributed by atoms with Crippen LogP contribution in [-0.2, 0) is 14.2 Å². The van der Waals surface area contributed by atoms with Crippen molar-refractivity contribution >= 4 is 17.0 Å². The van der Waals surface area contributed by atoms with E-state index in [-0.39, 0.29) is 18.3 Å². The fourth-order valence-electron chi connectivity index (χ4n) is 4.27. The third-order valence-corrected chi connectivity index (χ3v) is 5.73. The third-order valence-electron chi connectivity index (χ3n) is 5.73. The van der Waals surface area contributed by atoms with Crippen LogP contribution in [0.25, 0.3) is 11.2 Å². The molecule has 166 valence electrons. The standard InChI is InChI=1S/C19H31N7O4/c1-10-24-13-16(21)22-9-23-17(13)26(10)18-15-14(29-19(2,3)30-15)11(28-18)8-12(27)25(4)7-5-6-20/h9,11-12,14-15,18,27H,5-8,20H2,1-4H3,(H2,21,22,23)/t11-,12?,14-,15-,18-/m1/s1. The van der Waals surface area contributed by atoms with Crippen molar-refractivity contribution in [3.05, 3.63) is 12.2 Å². The van der Waals surface area contributed by atoms with E-state index in [1.807, 2.05) is 37.3 Å². The highest BCUT2D eigenvalue weighted by Crippen LogP contribution is 2.45. The van der Waals surface area contributed by atoms with Gasteiger partial charge in [-0.05, 0) is 40.8 Å². The van der Waals surface area contributed by atoms with Gasteiger partial charge in [0.05, 0.1) is 6.10 Å². The molecule has 0 spiro atoms. The van der Waals surface area contributed by atoms with Crippen LogP contribution in [0.4, 0.5) is 5.82 Å². The van der Waals surface area contributed by atoms with Crippen molar-refractivity contribution in [1.82, 2.24) is 24.4 Å². The summed E-state index contributed by atoms with van der Waals surface area (Å²) >= 11 is 0. The monoisotopic (exact) mass is 421 g/mol. The predicted molar refractivity (Wildman–Crippen MR) is 109 cm³/mol. The number of aryl methyl sites for hydroxylation is 1. The maximum absolute atomic E-state index is 10.7. The third kappa shape index (κ3) is 3.77. The molecule has 2 aliphatic rings. The van der Waals surface area contributed by atoms with Gasteiger partial charge in [0.2, 0.25) is 0 Å². The SMILES string of the molecule is Cc1nc2c(N)ncnc2n1[C@@H]1O[C@H](CC(O)N(C)CCCN)[C@H]2OC(C)(C)O[C@H]21. The smallest absolute Gasteiger partial charge is 0.167 e. The molecule has 4 rings (SSSR count). The van der Waals surface area contributed by atoms with Gasteiger partial charge in [-0.3, -0.25) is 9.47 Å². The minimum atomic E-state index is -0.760. The molecule has 0 bridgehead atoms. The van der Waals surface area contributed by atoms with E-state index < -0.39 is 18.2 Å². The van der Waals surface area contributed by atoms with Gasteiger partial charge in [-0.2, -0.15) is 0 Å². The molecule has 0 aliphatic carbocycles. The number of imidazole rings is 1. The minimum Gasteiger partial charge on any atom is -0.382 e. The summed E-state index contributed by atoms with van der Waals surface area (Å²) < 4.78 is 20.6. The van der Waals surface area contributed by atoms with E-state index in [9.17, 15) is 5.11 Å². The molecule has 5 N–H and O–H groups in total. The summed E-state index contributed by atoms with van der Waals surface area (Å²) in [5.41, 5.74) is 12.7. The lowest BCUT2D eigenvalue weighted by Gasteiger charge is -2.28. The second-order valence-electron chi connectivity index (χ2n) is 8.43. The first-order valence-corrected chi connectivity index (χ1v) is 10.3. The van der Waals surface area contributed by atoms with Gasteiger partial charge < -0.3 is 30.8 Å². The van der Waals surface area contributed by atoms with Crippen molar-refractivity contribution in [2.45, 2.75) is 70.2 Å². The van der Waals surface area contributed by atoms with Gasteiger partial charge in [-0.1, -0.05) is 0 Å². The molecule has 0 amide bonds. The van der Waals surface area contributed by atoms with Gasteiger partial charge in [0.1, 0.15) is 30.6 Å². The minimum absolute atomic E-state index is 0.314. The summed E-state index contributed by atoms with van der Waals surface area (Å²) in [4.78, 5) is 14.8. The number of hydrogen-bond donors (Lipinski definition) is 3. The Bertz CT molecular complexity index is 904. The van der Waals surface area contributed by atoms with Crippen LogP contribution in [0.1, 0.15) is 38.7 Å². The largest absolute Gasteiger partial charge is 0.382 e. The molecule has 5 atom stereocenters. The zero-order valence-corrected chi connectivity index (χ0v) is 17.9. The van der Waals surface area contributed by atoms with Crippen molar-refractivity contribution in [3.63, 3.8) is 0 Å². The number of nitrogens with zero attached hydrogens (tertiary/aromatic N) is 5. The molecule has 2 saturated heterocycles. The Labute approximate surface area is 175 Å². The number of ether oxygens (including phenoxy) is 3. The highest BCUT2D eigenvalue weighted by atomic mass is 16.8. The first-order chi connectivity index (χ1) is 14.2. The topological polar surface area (TPSA) is 147 Å². The van der Waals surface area contributed by atoms with Gasteiger partial charge in [0.25, 0.3) is 0 Å². The normalized spacial score (nSPS) is 29.0. The lowest BCUT2D eigenvalue weighted by Crippen LogP contribution is -2.39. The molecule has 0 aromatic carbocycles. The zero-order chi connectivity index (χ0) is 21.6. The molecular formula is C19H31N7O4. The molecule has 4 heterocycles. The first kappa shape index (κ1) is 21.3. The summed E-state index contributed by atoms with van der Waals surface area (Å²) in [6.45, 7) is 6.90. The number of rotatable bonds is 7. The average molecular weight is 422 g/mol. The van der Waals surface area contributed by atoms with E-state index in [0.29, 0.717) is 42.3 Å². The Morgan fingerprint density at radius 1 is 1.30 bits per heavy atom. The molecule has 30 heavy (non-hydrogen) atoms. The molecule has 2 aliphatic heterocycles. The number of aromatic nitrogens is 4. The van der Waals surface area contributed by atoms with E-state index in [4.69, 9.17) is 25.7 Å². The van der Waals surface area contributed by atoms with Crippen LogP contribution in [0.3, 0.4) is 0 Å². The van der Waals surface area contributed by atoms with Crippen molar-refractivity contribution in [2.24, 2.45) is 5.73 Å². The fraction of sp³-hybridized carbons (Fsp3) is 0.737. The van der Waals surface area contributed by atoms with Crippen LogP contribution in [0.2, 0.25) is 0 Å².